The second-order valence-corrected chi connectivity index (χ2v) is 8.75. The smallest absolute Gasteiger partial charge is 0.152 e. The normalized spacial score (nSPS) is 12.0. The summed E-state index contributed by atoms with van der Waals surface area (Å²) >= 11 is 0. The van der Waals surface area contributed by atoms with E-state index in [1.165, 1.54) is 5.56 Å². The van der Waals surface area contributed by atoms with Gasteiger partial charge in [0.15, 0.2) is 5.82 Å². The van der Waals surface area contributed by atoms with E-state index in [1.54, 1.807) is 20.0 Å². The van der Waals surface area contributed by atoms with Crippen LogP contribution in [0.4, 0.5) is 5.82 Å². The van der Waals surface area contributed by atoms with Gasteiger partial charge in [0.25, 0.3) is 0 Å². The zero-order valence-corrected chi connectivity index (χ0v) is 19.4. The van der Waals surface area contributed by atoms with E-state index in [0.717, 1.165) is 35.0 Å². The molecule has 1 aromatic carbocycles. The number of benzene rings is 1. The average molecular weight is 450 g/mol. The van der Waals surface area contributed by atoms with E-state index in [9.17, 15) is 5.11 Å². The molecule has 0 radical (unpaired) electrons. The van der Waals surface area contributed by atoms with Crippen LogP contribution in [0.5, 0.6) is 5.75 Å². The van der Waals surface area contributed by atoms with Gasteiger partial charge < -0.3 is 24.9 Å². The minimum atomic E-state index is -0.934. The highest BCUT2D eigenvalue weighted by Crippen LogP contribution is 2.32. The zero-order chi connectivity index (χ0) is 23.4. The Kier molecular flexibility index (Phi) is 6.76. The van der Waals surface area contributed by atoms with Gasteiger partial charge in [0, 0.05) is 30.5 Å². The van der Waals surface area contributed by atoms with Crippen molar-refractivity contribution in [2.75, 3.05) is 18.9 Å². The first-order chi connectivity index (χ1) is 15.9. The number of hydrogen-bond acceptors (Lipinski definition) is 7. The molecule has 0 spiro atoms. The van der Waals surface area contributed by atoms with Crippen molar-refractivity contribution in [1.29, 1.82) is 0 Å². The van der Waals surface area contributed by atoms with Crippen LogP contribution < -0.4 is 10.5 Å². The summed E-state index contributed by atoms with van der Waals surface area (Å²) in [4.78, 5) is 13.4. The van der Waals surface area contributed by atoms with Gasteiger partial charge in [-0.25, -0.2) is 9.97 Å². The zero-order valence-electron chi connectivity index (χ0n) is 19.4. The molecule has 0 fully saturated rings. The molecule has 0 saturated carbocycles. The molecule has 0 atom stereocenters. The number of anilines is 1. The Morgan fingerprint density at radius 2 is 2.03 bits per heavy atom. The Bertz CT molecular complexity index is 1230. The third kappa shape index (κ3) is 5.40. The number of aliphatic hydroxyl groups is 1. The van der Waals surface area contributed by atoms with Crippen LogP contribution in [-0.4, -0.2) is 43.4 Å². The lowest BCUT2D eigenvalue weighted by atomic mass is 10.1. The summed E-state index contributed by atoms with van der Waals surface area (Å²) in [5.41, 5.74) is 8.74. The third-order valence-corrected chi connectivity index (χ3v) is 5.34. The Balaban J connectivity index is 1.63. The van der Waals surface area contributed by atoms with Crippen LogP contribution >= 0.6 is 0 Å². The summed E-state index contributed by atoms with van der Waals surface area (Å²) in [7, 11) is 0. The molecule has 8 nitrogen and oxygen atoms in total. The predicted molar refractivity (Wildman–Crippen MR) is 129 cm³/mol. The van der Waals surface area contributed by atoms with Gasteiger partial charge in [-0.05, 0) is 57.4 Å². The predicted octanol–water partition coefficient (Wildman–Crippen LogP) is 3.88. The van der Waals surface area contributed by atoms with Gasteiger partial charge in [-0.2, -0.15) is 0 Å². The molecule has 0 aliphatic carbocycles. The number of fused-ring (bicyclic) bond motifs is 3. The van der Waals surface area contributed by atoms with Crippen molar-refractivity contribution in [3.05, 3.63) is 54.1 Å². The monoisotopic (exact) mass is 449 g/mol. The van der Waals surface area contributed by atoms with Crippen molar-refractivity contribution in [2.45, 2.75) is 52.4 Å². The molecule has 0 amide bonds. The Hall–Kier alpha value is -3.23. The largest absolute Gasteiger partial charge is 0.494 e. The molecule has 0 aliphatic heterocycles. The van der Waals surface area contributed by atoms with Crippen molar-refractivity contribution < 1.29 is 14.6 Å². The minimum absolute atomic E-state index is 0.334. The lowest BCUT2D eigenvalue weighted by Gasteiger charge is -2.20. The lowest BCUT2D eigenvalue weighted by Crippen LogP contribution is -2.27. The van der Waals surface area contributed by atoms with Crippen molar-refractivity contribution >= 4 is 27.8 Å². The van der Waals surface area contributed by atoms with E-state index < -0.39 is 5.60 Å². The van der Waals surface area contributed by atoms with Crippen molar-refractivity contribution in [3.8, 4) is 5.75 Å². The number of pyridine rings is 2. The van der Waals surface area contributed by atoms with Crippen molar-refractivity contribution in [3.63, 3.8) is 0 Å². The standard InChI is InChI=1S/C25H31N5O3/c1-4-32-15-21-29-22-23(30(21)16-25(2,3)31)19-10-9-18(13-20(19)28-24(22)26)33-12-6-8-17-7-5-11-27-14-17/h5,7,9-11,13-14,31H,4,6,8,12,15-16H2,1-3H3,(H2,26,28). The van der Waals surface area contributed by atoms with E-state index in [-0.39, 0.29) is 0 Å². The molecular weight excluding hydrogens is 418 g/mol. The molecule has 4 rings (SSSR count). The number of aryl methyl sites for hydroxylation is 1. The van der Waals surface area contributed by atoms with Crippen LogP contribution in [-0.2, 0) is 24.3 Å². The van der Waals surface area contributed by atoms with E-state index in [2.05, 4.69) is 16.0 Å². The molecule has 0 unspecified atom stereocenters. The SMILES string of the molecule is CCOCc1nc2c(N)nc3cc(OCCCc4cccnc4)ccc3c2n1CC(C)(C)O. The summed E-state index contributed by atoms with van der Waals surface area (Å²) in [5.74, 6) is 1.80. The highest BCUT2D eigenvalue weighted by Gasteiger charge is 2.22. The first kappa shape index (κ1) is 22.9. The first-order valence-corrected chi connectivity index (χ1v) is 11.3. The number of rotatable bonds is 10. The summed E-state index contributed by atoms with van der Waals surface area (Å²) in [6.07, 6.45) is 5.45. The molecular formula is C25H31N5O3. The van der Waals surface area contributed by atoms with Crippen LogP contribution in [0.1, 0.15) is 38.6 Å². The number of imidazole rings is 1. The summed E-state index contributed by atoms with van der Waals surface area (Å²) in [5, 5.41) is 11.4. The first-order valence-electron chi connectivity index (χ1n) is 11.3. The fourth-order valence-electron chi connectivity index (χ4n) is 3.90. The number of nitrogen functional groups attached to an aromatic ring is 1. The average Bonchev–Trinajstić information content (AvgIpc) is 3.13. The quantitative estimate of drug-likeness (QED) is 0.354. The fraction of sp³-hybridized carbons (Fsp3) is 0.400. The van der Waals surface area contributed by atoms with Crippen LogP contribution in [0.3, 0.4) is 0 Å². The maximum Gasteiger partial charge on any atom is 0.152 e. The van der Waals surface area contributed by atoms with Crippen LogP contribution in [0.15, 0.2) is 42.7 Å². The number of nitrogens with zero attached hydrogens (tertiary/aromatic N) is 4. The second kappa shape index (κ2) is 9.72. The third-order valence-electron chi connectivity index (χ3n) is 5.34. The molecule has 0 aliphatic rings. The van der Waals surface area contributed by atoms with Crippen molar-refractivity contribution in [2.24, 2.45) is 0 Å². The highest BCUT2D eigenvalue weighted by atomic mass is 16.5. The maximum absolute atomic E-state index is 10.5. The number of hydrogen-bond donors (Lipinski definition) is 2. The molecule has 174 valence electrons. The highest BCUT2D eigenvalue weighted by molar-refractivity contribution is 6.06. The van der Waals surface area contributed by atoms with Gasteiger partial charge in [0.1, 0.15) is 23.7 Å². The topological polar surface area (TPSA) is 108 Å². The number of aromatic nitrogens is 4. The van der Waals surface area contributed by atoms with Crippen molar-refractivity contribution in [1.82, 2.24) is 19.5 Å². The van der Waals surface area contributed by atoms with Gasteiger partial charge >= 0.3 is 0 Å². The molecule has 8 heteroatoms. The van der Waals surface area contributed by atoms with Gasteiger partial charge in [-0.15, -0.1) is 0 Å². The molecule has 3 aromatic heterocycles. The van der Waals surface area contributed by atoms with Gasteiger partial charge in [-0.1, -0.05) is 6.07 Å². The Labute approximate surface area is 193 Å². The van der Waals surface area contributed by atoms with Gasteiger partial charge in [0.05, 0.1) is 29.8 Å². The van der Waals surface area contributed by atoms with E-state index in [1.807, 2.05) is 42.0 Å². The van der Waals surface area contributed by atoms with Gasteiger partial charge in [-0.3, -0.25) is 4.98 Å². The molecule has 3 heterocycles. The second-order valence-electron chi connectivity index (χ2n) is 8.75. The molecule has 33 heavy (non-hydrogen) atoms. The van der Waals surface area contributed by atoms with Crippen LogP contribution in [0, 0.1) is 0 Å². The summed E-state index contributed by atoms with van der Waals surface area (Å²) < 4.78 is 13.6. The lowest BCUT2D eigenvalue weighted by molar-refractivity contribution is 0.0582. The minimum Gasteiger partial charge on any atom is -0.494 e. The fourth-order valence-corrected chi connectivity index (χ4v) is 3.90. The van der Waals surface area contributed by atoms with E-state index in [4.69, 9.17) is 20.2 Å². The molecule has 3 N–H and O–H groups in total. The van der Waals surface area contributed by atoms with Gasteiger partial charge in [0.2, 0.25) is 0 Å². The van der Waals surface area contributed by atoms with Crippen LogP contribution in [0.2, 0.25) is 0 Å². The van der Waals surface area contributed by atoms with Crippen LogP contribution in [0.25, 0.3) is 21.9 Å². The molecule has 0 bridgehead atoms. The molecule has 0 saturated heterocycles. The molecule has 4 aromatic rings. The van der Waals surface area contributed by atoms with E-state index in [0.29, 0.717) is 43.5 Å². The Morgan fingerprint density at radius 3 is 2.76 bits per heavy atom. The van der Waals surface area contributed by atoms with E-state index >= 15 is 0 Å². The Morgan fingerprint density at radius 1 is 1.18 bits per heavy atom. The number of ether oxygens (including phenoxy) is 2. The summed E-state index contributed by atoms with van der Waals surface area (Å²) in [6, 6.07) is 9.83. The number of nitrogens with two attached hydrogens (primary N) is 1. The summed E-state index contributed by atoms with van der Waals surface area (Å²) in [6.45, 7) is 7.33. The maximum atomic E-state index is 10.5.